The number of rotatable bonds is 2. The number of piperidine rings is 1. The predicted molar refractivity (Wildman–Crippen MR) is 53.6 cm³/mol. The lowest BCUT2D eigenvalue weighted by Crippen LogP contribution is -2.55. The first-order valence-corrected chi connectivity index (χ1v) is 5.52. The lowest BCUT2D eigenvalue weighted by Gasteiger charge is -2.41. The first-order chi connectivity index (χ1) is 6.06. The van der Waals surface area contributed by atoms with E-state index in [2.05, 4.69) is 12.2 Å². The summed E-state index contributed by atoms with van der Waals surface area (Å²) in [7, 11) is 0. The summed E-state index contributed by atoms with van der Waals surface area (Å²) in [4.78, 5) is 0. The molecule has 2 fully saturated rings. The maximum absolute atomic E-state index is 10.5. The Morgan fingerprint density at radius 3 is 2.54 bits per heavy atom. The fourth-order valence-electron chi connectivity index (χ4n) is 2.45. The highest BCUT2D eigenvalue weighted by molar-refractivity contribution is 5.08. The highest BCUT2D eigenvalue weighted by Gasteiger charge is 2.55. The normalized spacial score (nSPS) is 36.7. The molecule has 0 radical (unpaired) electrons. The quantitative estimate of drug-likeness (QED) is 0.682. The SMILES string of the molecule is CC1(C(C)(O)C2CCCCN2)CC1. The van der Waals surface area contributed by atoms with Crippen LogP contribution >= 0.6 is 0 Å². The van der Waals surface area contributed by atoms with Gasteiger partial charge in [-0.2, -0.15) is 0 Å². The van der Waals surface area contributed by atoms with Crippen molar-refractivity contribution < 1.29 is 5.11 Å². The summed E-state index contributed by atoms with van der Waals surface area (Å²) in [6, 6.07) is 0.328. The van der Waals surface area contributed by atoms with E-state index >= 15 is 0 Å². The zero-order valence-corrected chi connectivity index (χ0v) is 8.77. The molecule has 0 aromatic rings. The number of hydrogen-bond acceptors (Lipinski definition) is 2. The van der Waals surface area contributed by atoms with Crippen molar-refractivity contribution in [1.29, 1.82) is 0 Å². The van der Waals surface area contributed by atoms with Gasteiger partial charge in [-0.3, -0.25) is 0 Å². The summed E-state index contributed by atoms with van der Waals surface area (Å²) >= 11 is 0. The maximum Gasteiger partial charge on any atom is 0.0825 e. The van der Waals surface area contributed by atoms with Crippen LogP contribution in [0, 0.1) is 5.41 Å². The molecule has 2 heteroatoms. The minimum Gasteiger partial charge on any atom is -0.388 e. The number of nitrogens with one attached hydrogen (secondary N) is 1. The van der Waals surface area contributed by atoms with E-state index in [4.69, 9.17) is 0 Å². The van der Waals surface area contributed by atoms with Gasteiger partial charge in [-0.15, -0.1) is 0 Å². The van der Waals surface area contributed by atoms with E-state index in [0.29, 0.717) is 6.04 Å². The van der Waals surface area contributed by atoms with Gasteiger partial charge in [-0.1, -0.05) is 13.3 Å². The Hall–Kier alpha value is -0.0800. The molecule has 0 aromatic heterocycles. The highest BCUT2D eigenvalue weighted by Crippen LogP contribution is 2.55. The molecule has 2 unspecified atom stereocenters. The van der Waals surface area contributed by atoms with Crippen LogP contribution in [0.25, 0.3) is 0 Å². The van der Waals surface area contributed by atoms with Gasteiger partial charge in [0.05, 0.1) is 5.60 Å². The minimum atomic E-state index is -0.493. The van der Waals surface area contributed by atoms with Crippen LogP contribution in [-0.2, 0) is 0 Å². The van der Waals surface area contributed by atoms with Crippen molar-refractivity contribution in [3.8, 4) is 0 Å². The first-order valence-electron chi connectivity index (χ1n) is 5.52. The molecule has 1 heterocycles. The molecule has 0 amide bonds. The fraction of sp³-hybridized carbons (Fsp3) is 1.00. The zero-order valence-electron chi connectivity index (χ0n) is 8.77. The average Bonchev–Trinajstić information content (AvgIpc) is 2.87. The Labute approximate surface area is 80.7 Å². The molecular weight excluding hydrogens is 162 g/mol. The Bertz CT molecular complexity index is 190. The highest BCUT2D eigenvalue weighted by atomic mass is 16.3. The van der Waals surface area contributed by atoms with Crippen LogP contribution in [0.1, 0.15) is 46.0 Å². The van der Waals surface area contributed by atoms with Gasteiger partial charge in [-0.25, -0.2) is 0 Å². The predicted octanol–water partition coefficient (Wildman–Crippen LogP) is 1.68. The minimum absolute atomic E-state index is 0.196. The summed E-state index contributed by atoms with van der Waals surface area (Å²) in [6.45, 7) is 5.31. The third-order valence-corrected chi connectivity index (χ3v) is 4.21. The third-order valence-electron chi connectivity index (χ3n) is 4.21. The van der Waals surface area contributed by atoms with Gasteiger partial charge in [-0.05, 0) is 44.6 Å². The van der Waals surface area contributed by atoms with Gasteiger partial charge in [0.25, 0.3) is 0 Å². The fourth-order valence-corrected chi connectivity index (χ4v) is 2.45. The average molecular weight is 183 g/mol. The van der Waals surface area contributed by atoms with E-state index in [1.54, 1.807) is 0 Å². The zero-order chi connectivity index (χ0) is 9.53. The summed E-state index contributed by atoms with van der Waals surface area (Å²) < 4.78 is 0. The molecule has 1 aliphatic heterocycles. The molecule has 1 aliphatic carbocycles. The van der Waals surface area contributed by atoms with E-state index in [1.807, 2.05) is 6.92 Å². The molecule has 1 saturated heterocycles. The maximum atomic E-state index is 10.5. The summed E-state index contributed by atoms with van der Waals surface area (Å²) in [5.41, 5.74) is -0.296. The van der Waals surface area contributed by atoms with Crippen LogP contribution in [-0.4, -0.2) is 23.3 Å². The second-order valence-electron chi connectivity index (χ2n) is 5.21. The van der Waals surface area contributed by atoms with Crippen molar-refractivity contribution in [1.82, 2.24) is 5.32 Å². The van der Waals surface area contributed by atoms with Crippen LogP contribution < -0.4 is 5.32 Å². The first kappa shape index (κ1) is 9.47. The standard InChI is InChI=1S/C11H21NO/c1-10(6-7-10)11(2,13)9-5-3-4-8-12-9/h9,12-13H,3-8H2,1-2H3. The van der Waals surface area contributed by atoms with Gasteiger partial charge in [0.1, 0.15) is 0 Å². The molecule has 76 valence electrons. The Kier molecular flexibility index (Phi) is 2.16. The topological polar surface area (TPSA) is 32.3 Å². The molecule has 0 aromatic carbocycles. The van der Waals surface area contributed by atoms with Crippen molar-refractivity contribution in [2.24, 2.45) is 5.41 Å². The van der Waals surface area contributed by atoms with E-state index < -0.39 is 5.60 Å². The van der Waals surface area contributed by atoms with Crippen LogP contribution in [0.5, 0.6) is 0 Å². The van der Waals surface area contributed by atoms with Gasteiger partial charge < -0.3 is 10.4 Å². The molecule has 0 bridgehead atoms. The largest absolute Gasteiger partial charge is 0.388 e. The Morgan fingerprint density at radius 2 is 2.08 bits per heavy atom. The van der Waals surface area contributed by atoms with Crippen LogP contribution in [0.3, 0.4) is 0 Å². The van der Waals surface area contributed by atoms with Crippen molar-refractivity contribution >= 4 is 0 Å². The molecule has 2 rings (SSSR count). The van der Waals surface area contributed by atoms with E-state index in [9.17, 15) is 5.11 Å². The van der Waals surface area contributed by atoms with Gasteiger partial charge in [0, 0.05) is 6.04 Å². The molecule has 1 saturated carbocycles. The van der Waals surface area contributed by atoms with Gasteiger partial charge in [0.2, 0.25) is 0 Å². The van der Waals surface area contributed by atoms with E-state index in [1.165, 1.54) is 25.7 Å². The number of hydrogen-bond donors (Lipinski definition) is 2. The van der Waals surface area contributed by atoms with Crippen LogP contribution in [0.4, 0.5) is 0 Å². The number of aliphatic hydroxyl groups is 1. The Balaban J connectivity index is 2.04. The van der Waals surface area contributed by atoms with Crippen molar-refractivity contribution in [3.63, 3.8) is 0 Å². The second kappa shape index (κ2) is 2.96. The molecule has 13 heavy (non-hydrogen) atoms. The van der Waals surface area contributed by atoms with Crippen molar-refractivity contribution in [2.45, 2.75) is 57.6 Å². The molecular formula is C11H21NO. The molecule has 2 aliphatic rings. The summed E-state index contributed by atoms with van der Waals surface area (Å²) in [6.07, 6.45) is 6.06. The van der Waals surface area contributed by atoms with Crippen LogP contribution in [0.15, 0.2) is 0 Å². The summed E-state index contributed by atoms with van der Waals surface area (Å²) in [5.74, 6) is 0. The van der Waals surface area contributed by atoms with Crippen molar-refractivity contribution in [3.05, 3.63) is 0 Å². The smallest absolute Gasteiger partial charge is 0.0825 e. The Morgan fingerprint density at radius 1 is 1.38 bits per heavy atom. The molecule has 2 nitrogen and oxygen atoms in total. The van der Waals surface area contributed by atoms with E-state index in [0.717, 1.165) is 13.0 Å². The second-order valence-corrected chi connectivity index (χ2v) is 5.21. The van der Waals surface area contributed by atoms with Gasteiger partial charge in [0.15, 0.2) is 0 Å². The van der Waals surface area contributed by atoms with Crippen LogP contribution in [0.2, 0.25) is 0 Å². The summed E-state index contributed by atoms with van der Waals surface area (Å²) in [5, 5.41) is 13.9. The molecule has 2 N–H and O–H groups in total. The van der Waals surface area contributed by atoms with Crippen molar-refractivity contribution in [2.75, 3.05) is 6.54 Å². The third kappa shape index (κ3) is 1.50. The van der Waals surface area contributed by atoms with Gasteiger partial charge >= 0.3 is 0 Å². The molecule has 2 atom stereocenters. The van der Waals surface area contributed by atoms with E-state index in [-0.39, 0.29) is 5.41 Å². The lowest BCUT2D eigenvalue weighted by atomic mass is 9.78. The molecule has 0 spiro atoms. The monoisotopic (exact) mass is 183 g/mol. The lowest BCUT2D eigenvalue weighted by molar-refractivity contribution is -0.0483.